The van der Waals surface area contributed by atoms with Gasteiger partial charge in [0.05, 0.1) is 9.96 Å². The third-order valence-corrected chi connectivity index (χ3v) is 5.09. The van der Waals surface area contributed by atoms with E-state index in [0.717, 1.165) is 9.77 Å². The second-order valence-corrected chi connectivity index (χ2v) is 6.89. The molecule has 0 unspecified atom stereocenters. The predicted molar refractivity (Wildman–Crippen MR) is 92.6 cm³/mol. The Balaban J connectivity index is 1.50. The van der Waals surface area contributed by atoms with Crippen LogP contribution in [0.1, 0.15) is 10.5 Å². The van der Waals surface area contributed by atoms with E-state index in [1.807, 2.05) is 47.8 Å². The Kier molecular flexibility index (Phi) is 5.29. The van der Waals surface area contributed by atoms with E-state index in [-0.39, 0.29) is 17.4 Å². The van der Waals surface area contributed by atoms with Crippen LogP contribution in [0.5, 0.6) is 0 Å². The van der Waals surface area contributed by atoms with Crippen molar-refractivity contribution in [1.29, 1.82) is 0 Å². The van der Waals surface area contributed by atoms with Crippen LogP contribution in [-0.4, -0.2) is 22.7 Å². The fourth-order valence-electron chi connectivity index (χ4n) is 1.83. The molecule has 8 heteroatoms. The number of thioether (sulfide) groups is 1. The highest BCUT2D eigenvalue weighted by molar-refractivity contribution is 8.01. The molecule has 2 aromatic heterocycles. The van der Waals surface area contributed by atoms with Crippen molar-refractivity contribution in [3.63, 3.8) is 0 Å². The molecule has 2 heterocycles. The topological polar surface area (TPSA) is 84.2 Å². The Morgan fingerprint density at radius 1 is 1.12 bits per heavy atom. The largest absolute Gasteiger partial charge is 0.355 e. The van der Waals surface area contributed by atoms with Crippen molar-refractivity contribution in [1.82, 2.24) is 16.0 Å². The van der Waals surface area contributed by atoms with Crippen LogP contribution in [0.15, 0.2) is 62.6 Å². The van der Waals surface area contributed by atoms with E-state index in [4.69, 9.17) is 4.52 Å². The van der Waals surface area contributed by atoms with Crippen molar-refractivity contribution in [3.05, 3.63) is 59.6 Å². The van der Waals surface area contributed by atoms with Crippen molar-refractivity contribution >= 4 is 34.9 Å². The van der Waals surface area contributed by atoms with Crippen LogP contribution < -0.4 is 10.9 Å². The number of thiophene rings is 1. The van der Waals surface area contributed by atoms with Gasteiger partial charge in [0.2, 0.25) is 5.91 Å². The van der Waals surface area contributed by atoms with Crippen molar-refractivity contribution in [2.24, 2.45) is 0 Å². The van der Waals surface area contributed by atoms with E-state index in [9.17, 15) is 9.59 Å². The second kappa shape index (κ2) is 7.80. The molecule has 0 aliphatic carbocycles. The monoisotopic (exact) mass is 359 g/mol. The molecule has 3 rings (SSSR count). The van der Waals surface area contributed by atoms with E-state index >= 15 is 0 Å². The van der Waals surface area contributed by atoms with E-state index in [2.05, 4.69) is 16.0 Å². The number of carbonyl (C=O) groups is 2. The van der Waals surface area contributed by atoms with Crippen molar-refractivity contribution in [2.45, 2.75) is 4.21 Å². The molecule has 2 N–H and O–H groups in total. The maximum atomic E-state index is 12.0. The summed E-state index contributed by atoms with van der Waals surface area (Å²) in [4.78, 5) is 23.7. The zero-order valence-corrected chi connectivity index (χ0v) is 14.0. The van der Waals surface area contributed by atoms with Gasteiger partial charge < -0.3 is 4.52 Å². The summed E-state index contributed by atoms with van der Waals surface area (Å²) in [6, 6.07) is 14.7. The van der Waals surface area contributed by atoms with Gasteiger partial charge >= 0.3 is 0 Å². The van der Waals surface area contributed by atoms with E-state index in [0.29, 0.717) is 5.76 Å². The summed E-state index contributed by atoms with van der Waals surface area (Å²) in [5.41, 5.74) is 5.60. The minimum absolute atomic E-state index is 0.0973. The van der Waals surface area contributed by atoms with E-state index in [1.165, 1.54) is 17.8 Å². The molecule has 6 nitrogen and oxygen atoms in total. The summed E-state index contributed by atoms with van der Waals surface area (Å²) in [6.07, 6.45) is 0. The normalized spacial score (nSPS) is 10.3. The number of nitrogens with one attached hydrogen (secondary N) is 2. The summed E-state index contributed by atoms with van der Waals surface area (Å²) in [6.45, 7) is 0. The molecule has 0 fully saturated rings. The Bertz CT molecular complexity index is 816. The van der Waals surface area contributed by atoms with Crippen LogP contribution in [-0.2, 0) is 4.79 Å². The van der Waals surface area contributed by atoms with Crippen molar-refractivity contribution in [3.8, 4) is 11.3 Å². The molecule has 2 amide bonds. The Morgan fingerprint density at radius 2 is 1.96 bits per heavy atom. The number of hydrogen-bond acceptors (Lipinski definition) is 6. The SMILES string of the molecule is O=C(CSc1cccs1)NNC(=O)c1cc(-c2ccccc2)on1. The molecule has 0 atom stereocenters. The molecule has 0 spiro atoms. The number of aromatic nitrogens is 1. The average molecular weight is 359 g/mol. The summed E-state index contributed by atoms with van der Waals surface area (Å²) in [5, 5.41) is 5.66. The zero-order chi connectivity index (χ0) is 16.8. The number of amides is 2. The van der Waals surface area contributed by atoms with Gasteiger partial charge in [0, 0.05) is 11.6 Å². The van der Waals surface area contributed by atoms with Crippen LogP contribution >= 0.6 is 23.1 Å². The molecular formula is C16H13N3O3S2. The lowest BCUT2D eigenvalue weighted by molar-refractivity contribution is -0.119. The highest BCUT2D eigenvalue weighted by atomic mass is 32.2. The smallest absolute Gasteiger partial charge is 0.291 e. The third kappa shape index (κ3) is 4.24. The minimum Gasteiger partial charge on any atom is -0.355 e. The van der Waals surface area contributed by atoms with Gasteiger partial charge in [0.25, 0.3) is 5.91 Å². The Morgan fingerprint density at radius 3 is 2.71 bits per heavy atom. The number of rotatable bonds is 5. The summed E-state index contributed by atoms with van der Waals surface area (Å²) in [5.74, 6) is -0.126. The first-order chi connectivity index (χ1) is 11.7. The summed E-state index contributed by atoms with van der Waals surface area (Å²) >= 11 is 2.97. The van der Waals surface area contributed by atoms with Crippen LogP contribution in [0.3, 0.4) is 0 Å². The van der Waals surface area contributed by atoms with Crippen molar-refractivity contribution < 1.29 is 14.1 Å². The van der Waals surface area contributed by atoms with Crippen LogP contribution in [0.25, 0.3) is 11.3 Å². The van der Waals surface area contributed by atoms with Gasteiger partial charge in [0.1, 0.15) is 0 Å². The Labute approximate surface area is 146 Å². The van der Waals surface area contributed by atoms with Gasteiger partial charge in [-0.15, -0.1) is 23.1 Å². The zero-order valence-electron chi connectivity index (χ0n) is 12.4. The summed E-state index contributed by atoms with van der Waals surface area (Å²) in [7, 11) is 0. The number of hydrogen-bond donors (Lipinski definition) is 2. The molecule has 0 saturated heterocycles. The van der Waals surface area contributed by atoms with Crippen LogP contribution in [0.2, 0.25) is 0 Å². The quantitative estimate of drug-likeness (QED) is 0.540. The second-order valence-electron chi connectivity index (χ2n) is 4.67. The lowest BCUT2D eigenvalue weighted by Gasteiger charge is -2.04. The fourth-order valence-corrected chi connectivity index (χ4v) is 3.41. The molecule has 0 aliphatic heterocycles. The fraction of sp³-hybridized carbons (Fsp3) is 0.0625. The van der Waals surface area contributed by atoms with Crippen LogP contribution in [0, 0.1) is 0 Å². The minimum atomic E-state index is -0.532. The maximum Gasteiger partial charge on any atom is 0.291 e. The van der Waals surface area contributed by atoms with Gasteiger partial charge in [0.15, 0.2) is 11.5 Å². The molecule has 0 saturated carbocycles. The number of benzene rings is 1. The molecule has 122 valence electrons. The first-order valence-corrected chi connectivity index (χ1v) is 8.86. The van der Waals surface area contributed by atoms with E-state index < -0.39 is 5.91 Å². The molecule has 0 bridgehead atoms. The molecule has 0 radical (unpaired) electrons. The molecule has 24 heavy (non-hydrogen) atoms. The highest BCUT2D eigenvalue weighted by Crippen LogP contribution is 2.22. The van der Waals surface area contributed by atoms with Gasteiger partial charge in [-0.05, 0) is 11.4 Å². The van der Waals surface area contributed by atoms with Crippen molar-refractivity contribution in [2.75, 3.05) is 5.75 Å². The van der Waals surface area contributed by atoms with E-state index in [1.54, 1.807) is 11.3 Å². The standard InChI is InChI=1S/C16H13N3O3S2/c20-14(10-24-15-7-4-8-23-15)17-18-16(21)12-9-13(22-19-12)11-5-2-1-3-6-11/h1-9H,10H2,(H,17,20)(H,18,21). The average Bonchev–Trinajstić information content (AvgIpc) is 3.30. The highest BCUT2D eigenvalue weighted by Gasteiger charge is 2.14. The van der Waals surface area contributed by atoms with Gasteiger partial charge in [-0.1, -0.05) is 41.6 Å². The third-order valence-electron chi connectivity index (χ3n) is 2.96. The lowest BCUT2D eigenvalue weighted by Crippen LogP contribution is -2.42. The number of hydrazine groups is 1. The number of carbonyl (C=O) groups excluding carboxylic acids is 2. The van der Waals surface area contributed by atoms with Gasteiger partial charge in [-0.3, -0.25) is 20.4 Å². The molecular weight excluding hydrogens is 346 g/mol. The number of nitrogens with zero attached hydrogens (tertiary/aromatic N) is 1. The van der Waals surface area contributed by atoms with Gasteiger partial charge in [-0.25, -0.2) is 0 Å². The van der Waals surface area contributed by atoms with Gasteiger partial charge in [-0.2, -0.15) is 0 Å². The van der Waals surface area contributed by atoms with Crippen LogP contribution in [0.4, 0.5) is 0 Å². The lowest BCUT2D eigenvalue weighted by atomic mass is 10.1. The molecule has 0 aliphatic rings. The molecule has 3 aromatic rings. The molecule has 1 aromatic carbocycles. The Hall–Kier alpha value is -2.58. The first-order valence-electron chi connectivity index (χ1n) is 7.00. The first kappa shape index (κ1) is 16.3. The predicted octanol–water partition coefficient (Wildman–Crippen LogP) is 2.96. The summed E-state index contributed by atoms with van der Waals surface area (Å²) < 4.78 is 6.19. The maximum absolute atomic E-state index is 12.0.